The summed E-state index contributed by atoms with van der Waals surface area (Å²) in [6.07, 6.45) is 7.87. The minimum Gasteiger partial charge on any atom is -0.469 e. The molecule has 0 spiro atoms. The minimum absolute atomic E-state index is 0.00540. The number of aliphatic imine (C=N–C) groups is 1. The van der Waals surface area contributed by atoms with Gasteiger partial charge in [-0.05, 0) is 25.8 Å². The molecule has 0 saturated heterocycles. The van der Waals surface area contributed by atoms with Crippen molar-refractivity contribution in [1.82, 2.24) is 15.1 Å². The summed E-state index contributed by atoms with van der Waals surface area (Å²) in [5, 5.41) is 3.56. The normalized spacial score (nSPS) is 16.1. The summed E-state index contributed by atoms with van der Waals surface area (Å²) in [7, 11) is 5.51. The Labute approximate surface area is 144 Å². The van der Waals surface area contributed by atoms with E-state index in [0.29, 0.717) is 12.6 Å². The number of guanidine groups is 1. The third-order valence-electron chi connectivity index (χ3n) is 4.54. The molecule has 1 aromatic heterocycles. The molecule has 6 heteroatoms. The van der Waals surface area contributed by atoms with Gasteiger partial charge in [-0.1, -0.05) is 19.3 Å². The summed E-state index contributed by atoms with van der Waals surface area (Å²) >= 11 is 0. The van der Waals surface area contributed by atoms with E-state index in [0.717, 1.165) is 17.3 Å². The fourth-order valence-electron chi connectivity index (χ4n) is 2.90. The first-order valence-corrected chi connectivity index (χ1v) is 8.72. The molecule has 1 heterocycles. The monoisotopic (exact) mass is 334 g/mol. The zero-order chi connectivity index (χ0) is 17.5. The number of rotatable bonds is 5. The molecule has 1 saturated carbocycles. The maximum absolute atomic E-state index is 11.9. The molecule has 1 fully saturated rings. The van der Waals surface area contributed by atoms with Crippen molar-refractivity contribution in [1.29, 1.82) is 0 Å². The minimum atomic E-state index is 0.00540. The first-order chi connectivity index (χ1) is 11.5. The predicted octanol–water partition coefficient (Wildman–Crippen LogP) is 2.39. The number of carbonyl (C=O) groups excluding carboxylic acids is 1. The number of carbonyl (C=O) groups is 1. The molecule has 0 aliphatic heterocycles. The standard InChI is InChI=1S/C18H30N4O2/c1-14-15(10-11-24-14)13-22(4)18(19-12-17(23)21(2)3)20-16-8-6-5-7-9-16/h10-11,16H,5-9,12-13H2,1-4H3,(H,19,20). The number of likely N-dealkylation sites (N-methyl/N-ethyl adjacent to an activating group) is 1. The average Bonchev–Trinajstić information content (AvgIpc) is 2.96. The number of aryl methyl sites for hydroxylation is 1. The van der Waals surface area contributed by atoms with Gasteiger partial charge in [0.2, 0.25) is 5.91 Å². The highest BCUT2D eigenvalue weighted by molar-refractivity contribution is 5.84. The maximum atomic E-state index is 11.9. The van der Waals surface area contributed by atoms with Gasteiger partial charge in [-0.3, -0.25) is 4.79 Å². The molecule has 1 aliphatic rings. The van der Waals surface area contributed by atoms with Crippen molar-refractivity contribution in [2.45, 2.75) is 51.6 Å². The van der Waals surface area contributed by atoms with Crippen molar-refractivity contribution in [2.24, 2.45) is 4.99 Å². The van der Waals surface area contributed by atoms with E-state index in [1.54, 1.807) is 25.3 Å². The Bertz CT molecular complexity index is 559. The fourth-order valence-corrected chi connectivity index (χ4v) is 2.90. The second-order valence-corrected chi connectivity index (χ2v) is 6.77. The smallest absolute Gasteiger partial charge is 0.243 e. The van der Waals surface area contributed by atoms with Gasteiger partial charge in [-0.15, -0.1) is 0 Å². The summed E-state index contributed by atoms with van der Waals surface area (Å²) in [5.74, 6) is 1.71. The predicted molar refractivity (Wildman–Crippen MR) is 95.9 cm³/mol. The zero-order valence-electron chi connectivity index (χ0n) is 15.3. The molecule has 2 rings (SSSR count). The van der Waals surface area contributed by atoms with Crippen LogP contribution in [0.25, 0.3) is 0 Å². The summed E-state index contributed by atoms with van der Waals surface area (Å²) in [5.41, 5.74) is 1.13. The first kappa shape index (κ1) is 18.4. The summed E-state index contributed by atoms with van der Waals surface area (Å²) < 4.78 is 5.38. The van der Waals surface area contributed by atoms with Gasteiger partial charge in [-0.25, -0.2) is 4.99 Å². The lowest BCUT2D eigenvalue weighted by Crippen LogP contribution is -2.45. The number of nitrogens with one attached hydrogen (secondary N) is 1. The van der Waals surface area contributed by atoms with Crippen LogP contribution in [0.5, 0.6) is 0 Å². The molecule has 134 valence electrons. The van der Waals surface area contributed by atoms with Crippen molar-refractivity contribution in [2.75, 3.05) is 27.7 Å². The van der Waals surface area contributed by atoms with Crippen LogP contribution in [0, 0.1) is 6.92 Å². The van der Waals surface area contributed by atoms with Gasteiger partial charge in [0.15, 0.2) is 5.96 Å². The molecule has 1 aromatic rings. The van der Waals surface area contributed by atoms with Gasteiger partial charge in [0.05, 0.1) is 6.26 Å². The van der Waals surface area contributed by atoms with E-state index in [-0.39, 0.29) is 12.5 Å². The van der Waals surface area contributed by atoms with Crippen LogP contribution >= 0.6 is 0 Å². The zero-order valence-corrected chi connectivity index (χ0v) is 15.3. The van der Waals surface area contributed by atoms with Crippen molar-refractivity contribution >= 4 is 11.9 Å². The third kappa shape index (κ3) is 5.28. The molecule has 1 N–H and O–H groups in total. The number of hydrogen-bond donors (Lipinski definition) is 1. The number of nitrogens with zero attached hydrogens (tertiary/aromatic N) is 3. The molecule has 0 unspecified atom stereocenters. The van der Waals surface area contributed by atoms with Crippen LogP contribution in [0.1, 0.15) is 43.4 Å². The van der Waals surface area contributed by atoms with Gasteiger partial charge in [0, 0.05) is 39.3 Å². The van der Waals surface area contributed by atoms with Gasteiger partial charge in [0.25, 0.3) is 0 Å². The van der Waals surface area contributed by atoms with Gasteiger partial charge in [0.1, 0.15) is 12.3 Å². The van der Waals surface area contributed by atoms with E-state index in [9.17, 15) is 4.79 Å². The van der Waals surface area contributed by atoms with Crippen molar-refractivity contribution in [3.05, 3.63) is 23.7 Å². The Kier molecular flexibility index (Phi) is 6.70. The molecule has 1 aliphatic carbocycles. The summed E-state index contributed by atoms with van der Waals surface area (Å²) in [6.45, 7) is 2.83. The van der Waals surface area contributed by atoms with E-state index in [4.69, 9.17) is 4.42 Å². The van der Waals surface area contributed by atoms with Crippen LogP contribution in [0.3, 0.4) is 0 Å². The molecule has 0 aromatic carbocycles. The molecule has 24 heavy (non-hydrogen) atoms. The quantitative estimate of drug-likeness (QED) is 0.663. The highest BCUT2D eigenvalue weighted by Gasteiger charge is 2.18. The van der Waals surface area contributed by atoms with E-state index in [2.05, 4.69) is 15.2 Å². The second-order valence-electron chi connectivity index (χ2n) is 6.77. The topological polar surface area (TPSA) is 61.1 Å². The molecule has 0 radical (unpaired) electrons. The lowest BCUT2D eigenvalue weighted by Gasteiger charge is -2.29. The highest BCUT2D eigenvalue weighted by Crippen LogP contribution is 2.18. The fraction of sp³-hybridized carbons (Fsp3) is 0.667. The largest absolute Gasteiger partial charge is 0.469 e. The van der Waals surface area contributed by atoms with Crippen LogP contribution < -0.4 is 5.32 Å². The highest BCUT2D eigenvalue weighted by atomic mass is 16.3. The Morgan fingerprint density at radius 3 is 2.58 bits per heavy atom. The third-order valence-corrected chi connectivity index (χ3v) is 4.54. The van der Waals surface area contributed by atoms with Crippen LogP contribution in [0.2, 0.25) is 0 Å². The molecule has 0 atom stereocenters. The van der Waals surface area contributed by atoms with E-state index in [1.807, 2.05) is 20.0 Å². The van der Waals surface area contributed by atoms with Crippen LogP contribution in [0.4, 0.5) is 0 Å². The summed E-state index contributed by atoms with van der Waals surface area (Å²) in [4.78, 5) is 20.1. The van der Waals surface area contributed by atoms with Crippen LogP contribution in [-0.2, 0) is 11.3 Å². The van der Waals surface area contributed by atoms with E-state index >= 15 is 0 Å². The van der Waals surface area contributed by atoms with Gasteiger partial charge in [-0.2, -0.15) is 0 Å². The number of hydrogen-bond acceptors (Lipinski definition) is 3. The molecular weight excluding hydrogens is 304 g/mol. The Morgan fingerprint density at radius 1 is 1.29 bits per heavy atom. The molecular formula is C18H30N4O2. The first-order valence-electron chi connectivity index (χ1n) is 8.72. The van der Waals surface area contributed by atoms with Crippen LogP contribution in [-0.4, -0.2) is 55.4 Å². The maximum Gasteiger partial charge on any atom is 0.243 e. The van der Waals surface area contributed by atoms with Gasteiger partial charge < -0.3 is 19.5 Å². The Morgan fingerprint density at radius 2 is 2.00 bits per heavy atom. The van der Waals surface area contributed by atoms with Crippen molar-refractivity contribution in [3.63, 3.8) is 0 Å². The Hall–Kier alpha value is -1.98. The number of furan rings is 1. The SMILES string of the molecule is Cc1occc1CN(C)C(=NCC(=O)N(C)C)NC1CCCCC1. The Balaban J connectivity index is 2.06. The van der Waals surface area contributed by atoms with E-state index in [1.165, 1.54) is 32.1 Å². The summed E-state index contributed by atoms with van der Waals surface area (Å²) in [6, 6.07) is 2.43. The van der Waals surface area contributed by atoms with Gasteiger partial charge >= 0.3 is 0 Å². The lowest BCUT2D eigenvalue weighted by molar-refractivity contribution is -0.127. The van der Waals surface area contributed by atoms with E-state index < -0.39 is 0 Å². The van der Waals surface area contributed by atoms with Crippen LogP contribution in [0.15, 0.2) is 21.7 Å². The lowest BCUT2D eigenvalue weighted by atomic mass is 9.96. The molecule has 1 amide bonds. The van der Waals surface area contributed by atoms with Crippen molar-refractivity contribution < 1.29 is 9.21 Å². The van der Waals surface area contributed by atoms with Crippen molar-refractivity contribution in [3.8, 4) is 0 Å². The molecule has 0 bridgehead atoms. The molecule has 6 nitrogen and oxygen atoms in total. The average molecular weight is 334 g/mol. The second kappa shape index (κ2) is 8.76. The number of amides is 1.